The van der Waals surface area contributed by atoms with Crippen molar-refractivity contribution >= 4 is 0 Å². The lowest BCUT2D eigenvalue weighted by atomic mass is 9.97. The number of hydrogen-bond donors (Lipinski definition) is 2. The highest BCUT2D eigenvalue weighted by Crippen LogP contribution is 2.16. The molecule has 13 heavy (non-hydrogen) atoms. The zero-order valence-electron chi connectivity index (χ0n) is 7.79. The summed E-state index contributed by atoms with van der Waals surface area (Å²) >= 11 is 0. The van der Waals surface area contributed by atoms with E-state index in [1.54, 1.807) is 6.33 Å². The van der Waals surface area contributed by atoms with Crippen LogP contribution in [0.5, 0.6) is 0 Å². The van der Waals surface area contributed by atoms with Crippen LogP contribution in [0.3, 0.4) is 0 Å². The molecular weight excluding hydrogens is 164 g/mol. The fourth-order valence-electron chi connectivity index (χ4n) is 1.90. The highest BCUT2D eigenvalue weighted by atomic mass is 15.2. The molecule has 2 rings (SSSR count). The van der Waals surface area contributed by atoms with Crippen LogP contribution in [0.25, 0.3) is 0 Å². The molecule has 1 atom stereocenters. The molecule has 1 fully saturated rings. The van der Waals surface area contributed by atoms with Crippen molar-refractivity contribution in [3.63, 3.8) is 0 Å². The molecule has 1 aromatic rings. The van der Waals surface area contributed by atoms with Crippen LogP contribution in [-0.2, 0) is 6.42 Å². The van der Waals surface area contributed by atoms with Crippen molar-refractivity contribution in [1.82, 2.24) is 20.5 Å². The van der Waals surface area contributed by atoms with Crippen molar-refractivity contribution in [2.24, 2.45) is 5.92 Å². The molecular formula is C9H16N4. The van der Waals surface area contributed by atoms with Gasteiger partial charge in [0.05, 0.1) is 0 Å². The average molecular weight is 180 g/mol. The van der Waals surface area contributed by atoms with Crippen molar-refractivity contribution in [3.8, 4) is 0 Å². The molecule has 0 saturated carbocycles. The molecule has 72 valence electrons. The Hall–Kier alpha value is -0.900. The molecule has 2 heterocycles. The number of hydrogen-bond acceptors (Lipinski definition) is 3. The molecule has 0 aromatic carbocycles. The molecule has 4 nitrogen and oxygen atoms in total. The Balaban J connectivity index is 1.86. The van der Waals surface area contributed by atoms with Gasteiger partial charge in [-0.3, -0.25) is 5.10 Å². The third kappa shape index (κ3) is 2.52. The first-order valence-corrected chi connectivity index (χ1v) is 5.00. The van der Waals surface area contributed by atoms with E-state index < -0.39 is 0 Å². The van der Waals surface area contributed by atoms with E-state index in [2.05, 4.69) is 20.5 Å². The minimum Gasteiger partial charge on any atom is -0.317 e. The molecule has 0 aliphatic carbocycles. The van der Waals surface area contributed by atoms with Gasteiger partial charge in [0.25, 0.3) is 0 Å². The van der Waals surface area contributed by atoms with Crippen LogP contribution in [-0.4, -0.2) is 28.3 Å². The van der Waals surface area contributed by atoms with E-state index >= 15 is 0 Å². The van der Waals surface area contributed by atoms with Crippen molar-refractivity contribution in [3.05, 3.63) is 12.2 Å². The minimum atomic E-state index is 0.781. The highest BCUT2D eigenvalue weighted by Gasteiger charge is 2.13. The number of H-pyrrole nitrogens is 1. The van der Waals surface area contributed by atoms with Gasteiger partial charge in [-0.25, -0.2) is 4.98 Å². The summed E-state index contributed by atoms with van der Waals surface area (Å²) in [5, 5.41) is 10.2. The van der Waals surface area contributed by atoms with Crippen LogP contribution in [0.2, 0.25) is 0 Å². The molecule has 4 heteroatoms. The monoisotopic (exact) mass is 180 g/mol. The van der Waals surface area contributed by atoms with Gasteiger partial charge in [-0.2, -0.15) is 5.10 Å². The Labute approximate surface area is 78.1 Å². The molecule has 0 bridgehead atoms. The maximum atomic E-state index is 4.15. The lowest BCUT2D eigenvalue weighted by molar-refractivity contribution is 0.460. The number of nitrogens with zero attached hydrogens (tertiary/aromatic N) is 2. The molecule has 0 spiro atoms. The summed E-state index contributed by atoms with van der Waals surface area (Å²) in [5.41, 5.74) is 0. The first-order chi connectivity index (χ1) is 6.45. The van der Waals surface area contributed by atoms with E-state index in [1.165, 1.54) is 25.8 Å². The van der Waals surface area contributed by atoms with E-state index in [-0.39, 0.29) is 0 Å². The van der Waals surface area contributed by atoms with Gasteiger partial charge in [0.1, 0.15) is 12.2 Å². The zero-order valence-corrected chi connectivity index (χ0v) is 7.79. The van der Waals surface area contributed by atoms with E-state index in [0.717, 1.165) is 24.7 Å². The molecule has 1 saturated heterocycles. The molecule has 1 aromatic heterocycles. The zero-order chi connectivity index (χ0) is 8.93. The number of aromatic nitrogens is 3. The van der Waals surface area contributed by atoms with Crippen LogP contribution in [0.15, 0.2) is 6.33 Å². The predicted octanol–water partition coefficient (Wildman–Crippen LogP) is 0.737. The maximum absolute atomic E-state index is 4.15. The van der Waals surface area contributed by atoms with Crippen molar-refractivity contribution in [2.75, 3.05) is 13.1 Å². The first-order valence-electron chi connectivity index (χ1n) is 5.00. The van der Waals surface area contributed by atoms with Crippen LogP contribution >= 0.6 is 0 Å². The lowest BCUT2D eigenvalue weighted by Crippen LogP contribution is -2.14. The Morgan fingerprint density at radius 2 is 2.38 bits per heavy atom. The summed E-state index contributed by atoms with van der Waals surface area (Å²) < 4.78 is 0. The first kappa shape index (κ1) is 8.69. The van der Waals surface area contributed by atoms with Crippen molar-refractivity contribution in [2.45, 2.75) is 25.7 Å². The summed E-state index contributed by atoms with van der Waals surface area (Å²) in [6.45, 7) is 2.33. The predicted molar refractivity (Wildman–Crippen MR) is 50.3 cm³/mol. The summed E-state index contributed by atoms with van der Waals surface area (Å²) in [6.07, 6.45) is 6.51. The van der Waals surface area contributed by atoms with Crippen molar-refractivity contribution in [1.29, 1.82) is 0 Å². The third-order valence-electron chi connectivity index (χ3n) is 2.64. The van der Waals surface area contributed by atoms with E-state index in [1.807, 2.05) is 0 Å². The summed E-state index contributed by atoms with van der Waals surface area (Å²) in [7, 11) is 0. The third-order valence-corrected chi connectivity index (χ3v) is 2.64. The standard InChI is InChI=1S/C9H16N4/c1-2-8(3-5-10-4-1)6-9-11-7-12-13-9/h7-8,10H,1-6H2,(H,11,12,13). The van der Waals surface area contributed by atoms with E-state index in [9.17, 15) is 0 Å². The number of nitrogens with one attached hydrogen (secondary N) is 2. The fraction of sp³-hybridized carbons (Fsp3) is 0.778. The van der Waals surface area contributed by atoms with Crippen LogP contribution in [0.1, 0.15) is 25.1 Å². The molecule has 0 amide bonds. The highest BCUT2D eigenvalue weighted by molar-refractivity contribution is 4.84. The minimum absolute atomic E-state index is 0.781. The second-order valence-electron chi connectivity index (χ2n) is 3.68. The van der Waals surface area contributed by atoms with Gasteiger partial charge >= 0.3 is 0 Å². The van der Waals surface area contributed by atoms with Gasteiger partial charge in [-0.1, -0.05) is 0 Å². The Morgan fingerprint density at radius 3 is 3.23 bits per heavy atom. The van der Waals surface area contributed by atoms with Gasteiger partial charge < -0.3 is 5.32 Å². The quantitative estimate of drug-likeness (QED) is 0.705. The molecule has 1 aliphatic heterocycles. The van der Waals surface area contributed by atoms with Crippen molar-refractivity contribution < 1.29 is 0 Å². The Kier molecular flexibility index (Phi) is 2.92. The van der Waals surface area contributed by atoms with Gasteiger partial charge in [-0.15, -0.1) is 0 Å². The average Bonchev–Trinajstić information content (AvgIpc) is 2.49. The van der Waals surface area contributed by atoms with E-state index in [4.69, 9.17) is 0 Å². The number of aromatic amines is 1. The molecule has 1 unspecified atom stereocenters. The van der Waals surface area contributed by atoms with E-state index in [0.29, 0.717) is 0 Å². The van der Waals surface area contributed by atoms with Crippen LogP contribution in [0, 0.1) is 5.92 Å². The second kappa shape index (κ2) is 4.37. The Bertz CT molecular complexity index is 224. The maximum Gasteiger partial charge on any atom is 0.137 e. The van der Waals surface area contributed by atoms with Gasteiger partial charge in [0, 0.05) is 6.42 Å². The van der Waals surface area contributed by atoms with Gasteiger partial charge in [0.2, 0.25) is 0 Å². The van der Waals surface area contributed by atoms with Gasteiger partial charge in [-0.05, 0) is 38.3 Å². The topological polar surface area (TPSA) is 53.6 Å². The fourth-order valence-corrected chi connectivity index (χ4v) is 1.90. The molecule has 1 aliphatic rings. The molecule has 2 N–H and O–H groups in total. The SMILES string of the molecule is c1n[nH]c(CC2CCCNCC2)n1. The Morgan fingerprint density at radius 1 is 1.38 bits per heavy atom. The smallest absolute Gasteiger partial charge is 0.137 e. The number of rotatable bonds is 2. The van der Waals surface area contributed by atoms with Crippen LogP contribution in [0.4, 0.5) is 0 Å². The largest absolute Gasteiger partial charge is 0.317 e. The van der Waals surface area contributed by atoms with Crippen LogP contribution < -0.4 is 5.32 Å². The second-order valence-corrected chi connectivity index (χ2v) is 3.68. The summed E-state index contributed by atoms with van der Waals surface area (Å²) in [4.78, 5) is 4.15. The lowest BCUT2D eigenvalue weighted by Gasteiger charge is -2.10. The summed E-state index contributed by atoms with van der Waals surface area (Å²) in [6, 6.07) is 0. The molecule has 0 radical (unpaired) electrons. The van der Waals surface area contributed by atoms with Gasteiger partial charge in [0.15, 0.2) is 0 Å². The normalized spacial score (nSPS) is 24.2. The summed E-state index contributed by atoms with van der Waals surface area (Å²) in [5.74, 6) is 1.81.